The van der Waals surface area contributed by atoms with Gasteiger partial charge in [0, 0.05) is 6.54 Å². The van der Waals surface area contributed by atoms with Gasteiger partial charge in [0.05, 0.1) is 6.61 Å². The van der Waals surface area contributed by atoms with Crippen molar-refractivity contribution in [1.82, 2.24) is 4.90 Å². The van der Waals surface area contributed by atoms with Gasteiger partial charge in [0.1, 0.15) is 6.23 Å². The average Bonchev–Trinajstić information content (AvgIpc) is 2.14. The van der Waals surface area contributed by atoms with Gasteiger partial charge in [0.25, 0.3) is 0 Å². The Kier molecular flexibility index (Phi) is 1.48. The Labute approximate surface area is 48.2 Å². The summed E-state index contributed by atoms with van der Waals surface area (Å²) in [6.45, 7) is 3.28. The SMILES string of the molecule is CC1OCCN1C=O. The molecule has 1 aliphatic rings. The van der Waals surface area contributed by atoms with Crippen LogP contribution in [0.2, 0.25) is 0 Å². The van der Waals surface area contributed by atoms with Crippen molar-refractivity contribution in [3.8, 4) is 0 Å². The van der Waals surface area contributed by atoms with Crippen LogP contribution < -0.4 is 0 Å². The largest absolute Gasteiger partial charge is 0.357 e. The van der Waals surface area contributed by atoms with E-state index in [9.17, 15) is 4.79 Å². The summed E-state index contributed by atoms with van der Waals surface area (Å²) in [5.74, 6) is 0. The molecule has 1 atom stereocenters. The number of rotatable bonds is 1. The summed E-state index contributed by atoms with van der Waals surface area (Å²) in [6, 6.07) is 0. The van der Waals surface area contributed by atoms with Gasteiger partial charge in [-0.1, -0.05) is 0 Å². The molecule has 1 amide bonds. The Hall–Kier alpha value is -0.570. The van der Waals surface area contributed by atoms with Gasteiger partial charge in [-0.3, -0.25) is 4.79 Å². The Bertz CT molecular complexity index is 94.4. The van der Waals surface area contributed by atoms with Gasteiger partial charge in [-0.2, -0.15) is 0 Å². The molecular weight excluding hydrogens is 106 g/mol. The van der Waals surface area contributed by atoms with Crippen molar-refractivity contribution in [3.63, 3.8) is 0 Å². The first-order valence-corrected chi connectivity index (χ1v) is 2.67. The Balaban J connectivity index is 2.41. The molecule has 1 saturated heterocycles. The maximum atomic E-state index is 10.1. The molecule has 1 fully saturated rings. The second-order valence-electron chi connectivity index (χ2n) is 1.81. The van der Waals surface area contributed by atoms with Gasteiger partial charge in [-0.15, -0.1) is 0 Å². The lowest BCUT2D eigenvalue weighted by Crippen LogP contribution is -2.25. The molecule has 8 heavy (non-hydrogen) atoms. The van der Waals surface area contributed by atoms with Crippen molar-refractivity contribution in [2.24, 2.45) is 0 Å². The summed E-state index contributed by atoms with van der Waals surface area (Å²) in [7, 11) is 0. The minimum Gasteiger partial charge on any atom is -0.357 e. The topological polar surface area (TPSA) is 29.5 Å². The fourth-order valence-corrected chi connectivity index (χ4v) is 0.745. The van der Waals surface area contributed by atoms with Crippen LogP contribution in [-0.2, 0) is 9.53 Å². The van der Waals surface area contributed by atoms with Crippen molar-refractivity contribution >= 4 is 6.41 Å². The third-order valence-electron chi connectivity index (χ3n) is 1.31. The molecule has 3 nitrogen and oxygen atoms in total. The van der Waals surface area contributed by atoms with E-state index >= 15 is 0 Å². The van der Waals surface area contributed by atoms with Crippen molar-refractivity contribution in [3.05, 3.63) is 0 Å². The van der Waals surface area contributed by atoms with Crippen molar-refractivity contribution in [2.45, 2.75) is 13.2 Å². The Morgan fingerprint density at radius 2 is 2.62 bits per heavy atom. The molecule has 0 aromatic heterocycles. The van der Waals surface area contributed by atoms with E-state index in [0.29, 0.717) is 6.61 Å². The molecule has 0 bridgehead atoms. The molecule has 0 aromatic carbocycles. The van der Waals surface area contributed by atoms with Crippen LogP contribution in [0.5, 0.6) is 0 Å². The van der Waals surface area contributed by atoms with Gasteiger partial charge in [0.2, 0.25) is 6.41 Å². The molecule has 3 heteroatoms. The second kappa shape index (κ2) is 2.13. The van der Waals surface area contributed by atoms with E-state index in [1.54, 1.807) is 4.90 Å². The third-order valence-corrected chi connectivity index (χ3v) is 1.31. The van der Waals surface area contributed by atoms with Crippen LogP contribution in [0.4, 0.5) is 0 Å². The zero-order valence-corrected chi connectivity index (χ0v) is 4.83. The number of amides is 1. The summed E-state index contributed by atoms with van der Waals surface area (Å²) < 4.78 is 5.05. The highest BCUT2D eigenvalue weighted by Gasteiger charge is 2.17. The summed E-state index contributed by atoms with van der Waals surface area (Å²) in [5, 5.41) is 0. The lowest BCUT2D eigenvalue weighted by Gasteiger charge is -2.11. The molecule has 1 heterocycles. The van der Waals surface area contributed by atoms with Crippen LogP contribution >= 0.6 is 0 Å². The molecule has 0 aromatic rings. The predicted octanol–water partition coefficient (Wildman–Crippen LogP) is -0.179. The quantitative estimate of drug-likeness (QED) is 0.444. The molecule has 0 radical (unpaired) electrons. The van der Waals surface area contributed by atoms with E-state index in [2.05, 4.69) is 0 Å². The minimum atomic E-state index is -0.00694. The molecule has 1 aliphatic heterocycles. The van der Waals surface area contributed by atoms with Gasteiger partial charge in [-0.25, -0.2) is 0 Å². The first-order valence-electron chi connectivity index (χ1n) is 2.67. The number of carbonyl (C=O) groups is 1. The van der Waals surface area contributed by atoms with Crippen LogP contribution in [0.15, 0.2) is 0 Å². The monoisotopic (exact) mass is 115 g/mol. The smallest absolute Gasteiger partial charge is 0.211 e. The molecular formula is C5H9NO2. The normalized spacial score (nSPS) is 28.6. The summed E-state index contributed by atoms with van der Waals surface area (Å²) >= 11 is 0. The summed E-state index contributed by atoms with van der Waals surface area (Å²) in [4.78, 5) is 11.7. The molecule has 1 rings (SSSR count). The first-order chi connectivity index (χ1) is 3.84. The number of ether oxygens (including phenoxy) is 1. The highest BCUT2D eigenvalue weighted by atomic mass is 16.5. The number of hydrogen-bond donors (Lipinski definition) is 0. The molecule has 1 unspecified atom stereocenters. The zero-order valence-electron chi connectivity index (χ0n) is 4.83. The summed E-state index contributed by atoms with van der Waals surface area (Å²) in [5.41, 5.74) is 0. The van der Waals surface area contributed by atoms with E-state index in [1.165, 1.54) is 0 Å². The molecule has 0 spiro atoms. The Morgan fingerprint density at radius 3 is 2.88 bits per heavy atom. The molecule has 46 valence electrons. The zero-order chi connectivity index (χ0) is 5.98. The molecule has 0 aliphatic carbocycles. The lowest BCUT2D eigenvalue weighted by molar-refractivity contribution is -0.121. The number of hydrogen-bond acceptors (Lipinski definition) is 2. The van der Waals surface area contributed by atoms with Gasteiger partial charge < -0.3 is 9.64 Å². The van der Waals surface area contributed by atoms with E-state index in [1.807, 2.05) is 6.92 Å². The number of carbonyl (C=O) groups excluding carboxylic acids is 1. The number of nitrogens with zero attached hydrogens (tertiary/aromatic N) is 1. The van der Waals surface area contributed by atoms with Crippen LogP contribution in [0.1, 0.15) is 6.92 Å². The molecule has 0 saturated carbocycles. The third kappa shape index (κ3) is 0.816. The maximum Gasteiger partial charge on any atom is 0.211 e. The van der Waals surface area contributed by atoms with Crippen LogP contribution in [0.3, 0.4) is 0 Å². The van der Waals surface area contributed by atoms with Gasteiger partial charge in [-0.05, 0) is 6.92 Å². The van der Waals surface area contributed by atoms with E-state index in [0.717, 1.165) is 13.0 Å². The minimum absolute atomic E-state index is 0.00694. The summed E-state index contributed by atoms with van der Waals surface area (Å²) in [6.07, 6.45) is 0.810. The van der Waals surface area contributed by atoms with Crippen LogP contribution in [0, 0.1) is 0 Å². The van der Waals surface area contributed by atoms with Gasteiger partial charge >= 0.3 is 0 Å². The lowest BCUT2D eigenvalue weighted by atomic mass is 10.6. The molecule has 0 N–H and O–H groups in total. The fourth-order valence-electron chi connectivity index (χ4n) is 0.745. The second-order valence-corrected chi connectivity index (χ2v) is 1.81. The maximum absolute atomic E-state index is 10.1. The van der Waals surface area contributed by atoms with Crippen molar-refractivity contribution in [2.75, 3.05) is 13.2 Å². The highest BCUT2D eigenvalue weighted by Crippen LogP contribution is 2.04. The Morgan fingerprint density at radius 1 is 1.88 bits per heavy atom. The first kappa shape index (κ1) is 5.56. The average molecular weight is 115 g/mol. The standard InChI is InChI=1S/C5H9NO2/c1-5-6(4-7)2-3-8-5/h4-5H,2-3H2,1H3. The fraction of sp³-hybridized carbons (Fsp3) is 0.800. The highest BCUT2D eigenvalue weighted by molar-refractivity contribution is 5.47. The van der Waals surface area contributed by atoms with Gasteiger partial charge in [0.15, 0.2) is 0 Å². The van der Waals surface area contributed by atoms with Crippen molar-refractivity contribution in [1.29, 1.82) is 0 Å². The van der Waals surface area contributed by atoms with Crippen molar-refractivity contribution < 1.29 is 9.53 Å². The van der Waals surface area contributed by atoms with E-state index in [-0.39, 0.29) is 6.23 Å². The van der Waals surface area contributed by atoms with E-state index < -0.39 is 0 Å². The van der Waals surface area contributed by atoms with E-state index in [4.69, 9.17) is 4.74 Å². The van der Waals surface area contributed by atoms with Crippen LogP contribution in [-0.4, -0.2) is 30.7 Å². The predicted molar refractivity (Wildman–Crippen MR) is 28.2 cm³/mol. The van der Waals surface area contributed by atoms with Crippen LogP contribution in [0.25, 0.3) is 0 Å².